The van der Waals surface area contributed by atoms with Crippen molar-refractivity contribution in [2.24, 2.45) is 5.92 Å². The zero-order chi connectivity index (χ0) is 39.0. The molecular weight excluding hydrogens is 711 g/mol. The SMILES string of the molecule is CC(C)C[C@H]1COc2ccc(cc2)C[C@H](NC(=O)Cc2ccc(S(C)(=O)=O)cc2)C(=O)N[C@H](C)C(=O)NC2(CC2)C(=O)N[C@H](Cc2ccccc2)C(=O)N1. The van der Waals surface area contributed by atoms with E-state index in [1.807, 2.05) is 44.2 Å². The molecule has 5 N–H and O–H groups in total. The number of hydrogen-bond acceptors (Lipinski definition) is 8. The Morgan fingerprint density at radius 3 is 2.13 bits per heavy atom. The molecule has 1 spiro atoms. The molecule has 5 amide bonds. The van der Waals surface area contributed by atoms with Gasteiger partial charge in [0.05, 0.1) is 17.4 Å². The summed E-state index contributed by atoms with van der Waals surface area (Å²) in [4.78, 5) is 68.1. The summed E-state index contributed by atoms with van der Waals surface area (Å²) in [5, 5.41) is 14.2. The van der Waals surface area contributed by atoms with Gasteiger partial charge in [0.15, 0.2) is 9.84 Å². The quantitative estimate of drug-likeness (QED) is 0.216. The van der Waals surface area contributed by atoms with Crippen LogP contribution in [0, 0.1) is 5.92 Å². The fourth-order valence-electron chi connectivity index (χ4n) is 6.30. The van der Waals surface area contributed by atoms with Gasteiger partial charge in [0.25, 0.3) is 0 Å². The van der Waals surface area contributed by atoms with Gasteiger partial charge in [-0.25, -0.2) is 8.42 Å². The van der Waals surface area contributed by atoms with Gasteiger partial charge in [-0.15, -0.1) is 0 Å². The first-order chi connectivity index (χ1) is 25.6. The van der Waals surface area contributed by atoms with Crippen LogP contribution in [0.15, 0.2) is 83.8 Å². The predicted octanol–water partition coefficient (Wildman–Crippen LogP) is 2.16. The van der Waals surface area contributed by atoms with Crippen LogP contribution >= 0.6 is 0 Å². The van der Waals surface area contributed by atoms with E-state index in [2.05, 4.69) is 26.6 Å². The van der Waals surface area contributed by atoms with E-state index in [-0.39, 0.29) is 48.6 Å². The van der Waals surface area contributed by atoms with Crippen LogP contribution < -0.4 is 31.3 Å². The molecule has 1 aliphatic carbocycles. The van der Waals surface area contributed by atoms with Gasteiger partial charge in [0.2, 0.25) is 29.5 Å². The third-order valence-corrected chi connectivity index (χ3v) is 10.6. The van der Waals surface area contributed by atoms with Gasteiger partial charge in [-0.2, -0.15) is 0 Å². The molecule has 2 heterocycles. The van der Waals surface area contributed by atoms with Crippen molar-refractivity contribution in [2.75, 3.05) is 12.9 Å². The summed E-state index contributed by atoms with van der Waals surface area (Å²) in [6.07, 6.45) is 2.62. The summed E-state index contributed by atoms with van der Waals surface area (Å²) in [6.45, 7) is 5.74. The summed E-state index contributed by atoms with van der Waals surface area (Å²) in [5.41, 5.74) is 0.859. The van der Waals surface area contributed by atoms with Crippen LogP contribution in [-0.4, -0.2) is 80.5 Å². The largest absolute Gasteiger partial charge is 0.491 e. The molecule has 4 atom stereocenters. The molecule has 0 radical (unpaired) electrons. The minimum absolute atomic E-state index is 0.0837. The highest BCUT2D eigenvalue weighted by Crippen LogP contribution is 2.36. The van der Waals surface area contributed by atoms with Gasteiger partial charge in [-0.05, 0) is 73.1 Å². The van der Waals surface area contributed by atoms with Gasteiger partial charge in [0.1, 0.15) is 36.0 Å². The number of sulfone groups is 1. The number of hydrogen-bond donors (Lipinski definition) is 5. The zero-order valence-electron chi connectivity index (χ0n) is 31.0. The molecule has 3 aromatic rings. The van der Waals surface area contributed by atoms with Gasteiger partial charge in [0, 0.05) is 19.1 Å². The molecule has 1 saturated carbocycles. The molecule has 13 nitrogen and oxygen atoms in total. The lowest BCUT2D eigenvalue weighted by molar-refractivity contribution is -0.135. The molecule has 14 heteroatoms. The Kier molecular flexibility index (Phi) is 12.8. The van der Waals surface area contributed by atoms with E-state index >= 15 is 0 Å². The predicted molar refractivity (Wildman–Crippen MR) is 202 cm³/mol. The highest BCUT2D eigenvalue weighted by Gasteiger charge is 2.52. The van der Waals surface area contributed by atoms with Crippen LogP contribution in [-0.2, 0) is 53.1 Å². The van der Waals surface area contributed by atoms with Crippen molar-refractivity contribution in [3.63, 3.8) is 0 Å². The van der Waals surface area contributed by atoms with Crippen molar-refractivity contribution in [3.8, 4) is 5.75 Å². The van der Waals surface area contributed by atoms with Crippen molar-refractivity contribution in [1.82, 2.24) is 26.6 Å². The number of fused-ring (bicyclic) bond motifs is 15. The Hall–Kier alpha value is -5.24. The number of carbonyl (C=O) groups is 5. The smallest absolute Gasteiger partial charge is 0.246 e. The van der Waals surface area contributed by atoms with Crippen molar-refractivity contribution in [1.29, 1.82) is 0 Å². The molecule has 6 rings (SSSR count). The maximum Gasteiger partial charge on any atom is 0.246 e. The van der Waals surface area contributed by atoms with Crippen LogP contribution in [0.3, 0.4) is 0 Å². The normalized spacial score (nSPS) is 22.3. The first kappa shape index (κ1) is 40.0. The molecular formula is C40H49N5O8S. The topological polar surface area (TPSA) is 189 Å². The average Bonchev–Trinajstić information content (AvgIpc) is 3.90. The fraction of sp³-hybridized carbons (Fsp3) is 0.425. The van der Waals surface area contributed by atoms with E-state index in [9.17, 15) is 32.4 Å². The minimum Gasteiger partial charge on any atom is -0.491 e. The van der Waals surface area contributed by atoms with Crippen molar-refractivity contribution >= 4 is 39.4 Å². The maximum absolute atomic E-state index is 13.8. The standard InChI is InChI=1S/C40H49N5O8S/c1-25(2)20-30-24-53-31-14-10-28(11-15-31)22-33(43-35(46)23-29-12-16-32(17-13-29)54(4,51)52)37(48)41-26(3)36(47)45-40(18-19-40)39(50)44-34(38(49)42-30)21-27-8-6-5-7-9-27/h5-17,25-26,30,33-34H,18-24H2,1-4H3,(H,41,48)(H,42,49)(H,43,46)(H,44,50)(H,45,47)/t26-,30+,33+,34-/m1/s1. The summed E-state index contributed by atoms with van der Waals surface area (Å²) in [6, 6.07) is 18.8. The van der Waals surface area contributed by atoms with E-state index in [1.54, 1.807) is 36.4 Å². The minimum atomic E-state index is -3.41. The second-order valence-electron chi connectivity index (χ2n) is 14.7. The summed E-state index contributed by atoms with van der Waals surface area (Å²) in [5.74, 6) is -1.79. The van der Waals surface area contributed by atoms with Gasteiger partial charge >= 0.3 is 0 Å². The van der Waals surface area contributed by atoms with Crippen LogP contribution in [0.1, 0.15) is 56.7 Å². The maximum atomic E-state index is 13.8. The van der Waals surface area contributed by atoms with Gasteiger partial charge in [-0.1, -0.05) is 68.4 Å². The number of carbonyl (C=O) groups excluding carboxylic acids is 5. The zero-order valence-corrected chi connectivity index (χ0v) is 31.8. The molecule has 0 saturated heterocycles. The third kappa shape index (κ3) is 11.1. The van der Waals surface area contributed by atoms with E-state index in [0.29, 0.717) is 36.1 Å². The Morgan fingerprint density at radius 2 is 1.52 bits per heavy atom. The van der Waals surface area contributed by atoms with Gasteiger partial charge in [-0.3, -0.25) is 24.0 Å². The van der Waals surface area contributed by atoms with Crippen molar-refractivity contribution in [3.05, 3.63) is 95.6 Å². The number of amides is 5. The highest BCUT2D eigenvalue weighted by atomic mass is 32.2. The molecule has 54 heavy (non-hydrogen) atoms. The lowest BCUT2D eigenvalue weighted by Gasteiger charge is -2.27. The Labute approximate surface area is 316 Å². The van der Waals surface area contributed by atoms with Crippen LogP contribution in [0.4, 0.5) is 0 Å². The van der Waals surface area contributed by atoms with Gasteiger partial charge < -0.3 is 31.3 Å². The second-order valence-corrected chi connectivity index (χ2v) is 16.7. The van der Waals surface area contributed by atoms with Crippen LogP contribution in [0.25, 0.3) is 0 Å². The Morgan fingerprint density at radius 1 is 0.852 bits per heavy atom. The molecule has 0 unspecified atom stereocenters. The number of nitrogens with one attached hydrogen (secondary N) is 5. The van der Waals surface area contributed by atoms with E-state index in [4.69, 9.17) is 4.74 Å². The Bertz CT molecular complexity index is 1930. The average molecular weight is 760 g/mol. The fourth-order valence-corrected chi connectivity index (χ4v) is 6.93. The first-order valence-electron chi connectivity index (χ1n) is 18.2. The van der Waals surface area contributed by atoms with E-state index < -0.39 is 57.1 Å². The van der Waals surface area contributed by atoms with Crippen LogP contribution in [0.5, 0.6) is 5.75 Å². The van der Waals surface area contributed by atoms with Crippen molar-refractivity contribution < 1.29 is 37.1 Å². The lowest BCUT2D eigenvalue weighted by Crippen LogP contribution is -2.60. The molecule has 3 aromatic carbocycles. The monoisotopic (exact) mass is 759 g/mol. The number of rotatable bonds is 8. The second kappa shape index (κ2) is 17.3. The molecule has 2 aliphatic heterocycles. The van der Waals surface area contributed by atoms with E-state index in [1.165, 1.54) is 19.1 Å². The molecule has 1 fully saturated rings. The van der Waals surface area contributed by atoms with E-state index in [0.717, 1.165) is 11.8 Å². The number of benzene rings is 3. The Balaban J connectivity index is 1.39. The first-order valence-corrected chi connectivity index (χ1v) is 20.1. The summed E-state index contributed by atoms with van der Waals surface area (Å²) >= 11 is 0. The third-order valence-electron chi connectivity index (χ3n) is 9.49. The molecule has 2 bridgehead atoms. The molecule has 288 valence electrons. The van der Waals surface area contributed by atoms with Crippen LogP contribution in [0.2, 0.25) is 0 Å². The molecule has 3 aliphatic rings. The lowest BCUT2D eigenvalue weighted by atomic mass is 10.0. The summed E-state index contributed by atoms with van der Waals surface area (Å²) < 4.78 is 29.8. The molecule has 0 aromatic heterocycles. The van der Waals surface area contributed by atoms with Crippen molar-refractivity contribution in [2.45, 2.75) is 93.9 Å². The number of ether oxygens (including phenoxy) is 1. The summed E-state index contributed by atoms with van der Waals surface area (Å²) in [7, 11) is -3.41. The highest BCUT2D eigenvalue weighted by molar-refractivity contribution is 7.90.